The van der Waals surface area contributed by atoms with Gasteiger partial charge in [-0.2, -0.15) is 4.39 Å². The van der Waals surface area contributed by atoms with E-state index in [9.17, 15) is 4.39 Å². The molecule has 0 amide bonds. The molecule has 0 saturated heterocycles. The molecule has 2 aromatic rings. The lowest BCUT2D eigenvalue weighted by Gasteiger charge is -2.10. The number of benzene rings is 1. The van der Waals surface area contributed by atoms with Gasteiger partial charge in [-0.15, -0.1) is 0 Å². The van der Waals surface area contributed by atoms with Gasteiger partial charge in [-0.3, -0.25) is 0 Å². The van der Waals surface area contributed by atoms with Crippen molar-refractivity contribution in [3.05, 3.63) is 30.0 Å². The molecule has 0 bridgehead atoms. The molecule has 0 atom stereocenters. The van der Waals surface area contributed by atoms with E-state index in [4.69, 9.17) is 4.74 Å². The van der Waals surface area contributed by atoms with E-state index in [2.05, 4.69) is 9.97 Å². The van der Waals surface area contributed by atoms with Gasteiger partial charge in [0.1, 0.15) is 11.6 Å². The van der Waals surface area contributed by atoms with Crippen LogP contribution in [0.2, 0.25) is 0 Å². The third-order valence-corrected chi connectivity index (χ3v) is 2.10. The number of halogens is 1. The zero-order valence-corrected chi connectivity index (χ0v) is 9.49. The summed E-state index contributed by atoms with van der Waals surface area (Å²) >= 11 is 0. The Hall–Kier alpha value is -1.71. The smallest absolute Gasteiger partial charge is 0.224 e. The van der Waals surface area contributed by atoms with Gasteiger partial charge in [-0.05, 0) is 39.0 Å². The number of rotatable bonds is 2. The molecule has 1 aromatic carbocycles. The van der Waals surface area contributed by atoms with Crippen LogP contribution in [0.25, 0.3) is 10.9 Å². The quantitative estimate of drug-likeness (QED) is 0.730. The van der Waals surface area contributed by atoms with Crippen molar-refractivity contribution in [2.45, 2.75) is 26.9 Å². The Labute approximate surface area is 93.3 Å². The average molecular weight is 220 g/mol. The number of aryl methyl sites for hydroxylation is 1. The minimum atomic E-state index is -0.503. The fraction of sp³-hybridized carbons (Fsp3) is 0.333. The van der Waals surface area contributed by atoms with Crippen LogP contribution in [-0.2, 0) is 0 Å². The first-order valence-corrected chi connectivity index (χ1v) is 5.17. The molecule has 0 aliphatic carbocycles. The SMILES string of the molecule is Cc1nc(F)c2cc(OC(C)C)ccc2n1. The maximum atomic E-state index is 13.6. The molecular weight excluding hydrogens is 207 g/mol. The van der Waals surface area contributed by atoms with Crippen LogP contribution in [0.4, 0.5) is 4.39 Å². The van der Waals surface area contributed by atoms with Gasteiger partial charge in [0.25, 0.3) is 0 Å². The number of hydrogen-bond acceptors (Lipinski definition) is 3. The molecule has 3 nitrogen and oxygen atoms in total. The molecule has 1 heterocycles. The molecule has 2 rings (SSSR count). The van der Waals surface area contributed by atoms with Crippen LogP contribution in [-0.4, -0.2) is 16.1 Å². The molecule has 0 aliphatic heterocycles. The van der Waals surface area contributed by atoms with Gasteiger partial charge in [-0.25, -0.2) is 9.97 Å². The molecule has 4 heteroatoms. The van der Waals surface area contributed by atoms with Crippen LogP contribution in [0, 0.1) is 12.9 Å². The number of aromatic nitrogens is 2. The van der Waals surface area contributed by atoms with Crippen molar-refractivity contribution in [2.24, 2.45) is 0 Å². The predicted molar refractivity (Wildman–Crippen MR) is 60.0 cm³/mol. The van der Waals surface area contributed by atoms with Crippen LogP contribution in [0.5, 0.6) is 5.75 Å². The molecule has 0 N–H and O–H groups in total. The second-order valence-corrected chi connectivity index (χ2v) is 3.91. The summed E-state index contributed by atoms with van der Waals surface area (Å²) < 4.78 is 19.0. The molecule has 0 radical (unpaired) electrons. The molecular formula is C12H13FN2O. The van der Waals surface area contributed by atoms with Crippen LogP contribution >= 0.6 is 0 Å². The molecule has 0 fully saturated rings. The summed E-state index contributed by atoms with van der Waals surface area (Å²) in [5, 5.41) is 0.392. The first-order valence-electron chi connectivity index (χ1n) is 5.17. The molecule has 84 valence electrons. The van der Waals surface area contributed by atoms with E-state index >= 15 is 0 Å². The Morgan fingerprint density at radius 3 is 2.69 bits per heavy atom. The first kappa shape index (κ1) is 10.8. The number of ether oxygens (including phenoxy) is 1. The molecule has 1 aromatic heterocycles. The summed E-state index contributed by atoms with van der Waals surface area (Å²) in [6.45, 7) is 5.51. The highest BCUT2D eigenvalue weighted by molar-refractivity contribution is 5.79. The summed E-state index contributed by atoms with van der Waals surface area (Å²) in [6.07, 6.45) is 0.0619. The summed E-state index contributed by atoms with van der Waals surface area (Å²) in [4.78, 5) is 7.84. The molecule has 16 heavy (non-hydrogen) atoms. The standard InChI is InChI=1S/C12H13FN2O/c1-7(2)16-9-4-5-11-10(6-9)12(13)15-8(3)14-11/h4-7H,1-3H3. The van der Waals surface area contributed by atoms with E-state index in [1.807, 2.05) is 13.8 Å². The average Bonchev–Trinajstić information content (AvgIpc) is 2.18. The Morgan fingerprint density at radius 1 is 1.25 bits per heavy atom. The van der Waals surface area contributed by atoms with Crippen molar-refractivity contribution in [3.8, 4) is 5.75 Å². The van der Waals surface area contributed by atoms with Gasteiger partial charge in [0.2, 0.25) is 5.95 Å². The van der Waals surface area contributed by atoms with Gasteiger partial charge < -0.3 is 4.74 Å². The van der Waals surface area contributed by atoms with E-state index in [0.29, 0.717) is 22.5 Å². The van der Waals surface area contributed by atoms with Gasteiger partial charge in [-0.1, -0.05) is 0 Å². The summed E-state index contributed by atoms with van der Waals surface area (Å²) in [5.41, 5.74) is 0.598. The Bertz CT molecular complexity index is 526. The number of fused-ring (bicyclic) bond motifs is 1. The maximum Gasteiger partial charge on any atom is 0.224 e. The highest BCUT2D eigenvalue weighted by Crippen LogP contribution is 2.22. The second-order valence-electron chi connectivity index (χ2n) is 3.91. The van der Waals surface area contributed by atoms with Gasteiger partial charge in [0.15, 0.2) is 0 Å². The topological polar surface area (TPSA) is 35.0 Å². The number of nitrogens with zero attached hydrogens (tertiary/aromatic N) is 2. The van der Waals surface area contributed by atoms with Crippen LogP contribution in [0.1, 0.15) is 19.7 Å². The highest BCUT2D eigenvalue weighted by atomic mass is 19.1. The van der Waals surface area contributed by atoms with Gasteiger partial charge in [0.05, 0.1) is 17.0 Å². The lowest BCUT2D eigenvalue weighted by molar-refractivity contribution is 0.242. The predicted octanol–water partition coefficient (Wildman–Crippen LogP) is 2.86. The van der Waals surface area contributed by atoms with E-state index in [1.165, 1.54) is 0 Å². The molecule has 0 saturated carbocycles. The van der Waals surface area contributed by atoms with E-state index in [-0.39, 0.29) is 6.10 Å². The minimum absolute atomic E-state index is 0.0619. The van der Waals surface area contributed by atoms with E-state index in [0.717, 1.165) is 0 Å². The third-order valence-electron chi connectivity index (χ3n) is 2.10. The molecule has 0 spiro atoms. The summed E-state index contributed by atoms with van der Waals surface area (Å²) in [6, 6.07) is 5.16. The van der Waals surface area contributed by atoms with Gasteiger partial charge in [0, 0.05) is 0 Å². The van der Waals surface area contributed by atoms with Gasteiger partial charge >= 0.3 is 0 Å². The lowest BCUT2D eigenvalue weighted by atomic mass is 10.2. The minimum Gasteiger partial charge on any atom is -0.491 e. The second kappa shape index (κ2) is 4.04. The molecule has 0 aliphatic rings. The first-order chi connectivity index (χ1) is 7.56. The van der Waals surface area contributed by atoms with Crippen molar-refractivity contribution in [2.75, 3.05) is 0 Å². The van der Waals surface area contributed by atoms with Crippen molar-refractivity contribution in [1.82, 2.24) is 9.97 Å². The highest BCUT2D eigenvalue weighted by Gasteiger charge is 2.07. The lowest BCUT2D eigenvalue weighted by Crippen LogP contribution is -2.05. The zero-order chi connectivity index (χ0) is 11.7. The zero-order valence-electron chi connectivity index (χ0n) is 9.49. The van der Waals surface area contributed by atoms with Crippen LogP contribution in [0.3, 0.4) is 0 Å². The fourth-order valence-electron chi connectivity index (χ4n) is 1.52. The Balaban J connectivity index is 2.53. The maximum absolute atomic E-state index is 13.6. The van der Waals surface area contributed by atoms with Crippen LogP contribution < -0.4 is 4.74 Å². The Kier molecular flexibility index (Phi) is 2.73. The van der Waals surface area contributed by atoms with Crippen molar-refractivity contribution in [1.29, 1.82) is 0 Å². The summed E-state index contributed by atoms with van der Waals surface area (Å²) in [5.74, 6) is 0.563. The van der Waals surface area contributed by atoms with Crippen molar-refractivity contribution >= 4 is 10.9 Å². The molecule has 0 unspecified atom stereocenters. The summed E-state index contributed by atoms with van der Waals surface area (Å²) in [7, 11) is 0. The number of hydrogen-bond donors (Lipinski definition) is 0. The fourth-order valence-corrected chi connectivity index (χ4v) is 1.52. The van der Waals surface area contributed by atoms with E-state index < -0.39 is 5.95 Å². The van der Waals surface area contributed by atoms with Crippen molar-refractivity contribution in [3.63, 3.8) is 0 Å². The largest absolute Gasteiger partial charge is 0.491 e. The normalized spacial score (nSPS) is 11.1. The van der Waals surface area contributed by atoms with E-state index in [1.54, 1.807) is 25.1 Å². The third kappa shape index (κ3) is 2.10. The Morgan fingerprint density at radius 2 is 2.00 bits per heavy atom. The van der Waals surface area contributed by atoms with Crippen LogP contribution in [0.15, 0.2) is 18.2 Å². The monoisotopic (exact) mass is 220 g/mol. The van der Waals surface area contributed by atoms with Crippen molar-refractivity contribution < 1.29 is 9.13 Å².